The van der Waals surface area contributed by atoms with Gasteiger partial charge < -0.3 is 18.9 Å². The van der Waals surface area contributed by atoms with E-state index in [1.807, 2.05) is 0 Å². The number of ether oxygens (including phenoxy) is 1. The maximum absolute atomic E-state index is 12.0. The number of hydrogen-bond acceptors (Lipinski definition) is 7. The van der Waals surface area contributed by atoms with Crippen molar-refractivity contribution < 1.29 is 22.0 Å². The fourth-order valence-corrected chi connectivity index (χ4v) is 3.78. The molecule has 0 saturated heterocycles. The lowest BCUT2D eigenvalue weighted by Gasteiger charge is -2.12. The molecule has 4 aromatic rings. The molecule has 0 amide bonds. The third kappa shape index (κ3) is 3.69. The Hall–Kier alpha value is -3.30. The number of primary sulfonamides is 1. The summed E-state index contributed by atoms with van der Waals surface area (Å²) in [4.78, 5) is 12.1. The summed E-state index contributed by atoms with van der Waals surface area (Å²) in [5.74, 6) is 0.551. The quantitative estimate of drug-likeness (QED) is 0.465. The number of anilines is 1. The standard InChI is InChI=1S/C20H18N2O6S/c1-26-20-14-7-9-27-16(14)11-17-19(20)15(10-18(23)28-17)22-8-6-12-2-4-13(5-3-12)29(21,24)25/h2-5,7,9-11,22H,6,8H2,1H3,(H2,21,24,25). The third-order valence-electron chi connectivity index (χ3n) is 4.60. The Morgan fingerprint density at radius 3 is 2.55 bits per heavy atom. The van der Waals surface area contributed by atoms with Crippen LogP contribution in [-0.4, -0.2) is 22.1 Å². The van der Waals surface area contributed by atoms with Gasteiger partial charge in [0.15, 0.2) is 0 Å². The highest BCUT2D eigenvalue weighted by Gasteiger charge is 2.16. The van der Waals surface area contributed by atoms with Crippen LogP contribution in [0.5, 0.6) is 5.75 Å². The van der Waals surface area contributed by atoms with Crippen LogP contribution in [0, 0.1) is 0 Å². The van der Waals surface area contributed by atoms with Crippen LogP contribution in [0.15, 0.2) is 67.3 Å². The molecule has 2 aromatic carbocycles. The number of methoxy groups -OCH3 is 1. The molecule has 9 heteroatoms. The van der Waals surface area contributed by atoms with Gasteiger partial charge in [0.05, 0.1) is 34.7 Å². The van der Waals surface area contributed by atoms with Crippen molar-refractivity contribution in [2.24, 2.45) is 5.14 Å². The molecular formula is C20H18N2O6S. The van der Waals surface area contributed by atoms with Gasteiger partial charge in [-0.25, -0.2) is 18.4 Å². The van der Waals surface area contributed by atoms with Crippen molar-refractivity contribution in [1.29, 1.82) is 0 Å². The zero-order valence-corrected chi connectivity index (χ0v) is 16.3. The molecule has 0 unspecified atom stereocenters. The second-order valence-electron chi connectivity index (χ2n) is 6.46. The largest absolute Gasteiger partial charge is 0.495 e. The first kappa shape index (κ1) is 19.0. The van der Waals surface area contributed by atoms with Crippen LogP contribution in [0.1, 0.15) is 5.56 Å². The van der Waals surface area contributed by atoms with Gasteiger partial charge in [-0.15, -0.1) is 0 Å². The maximum Gasteiger partial charge on any atom is 0.338 e. The normalized spacial score (nSPS) is 11.8. The van der Waals surface area contributed by atoms with Crippen LogP contribution in [0.3, 0.4) is 0 Å². The van der Waals surface area contributed by atoms with Gasteiger partial charge in [0.25, 0.3) is 0 Å². The minimum atomic E-state index is -3.72. The lowest BCUT2D eigenvalue weighted by atomic mass is 10.1. The number of furan rings is 1. The molecule has 0 aliphatic carbocycles. The lowest BCUT2D eigenvalue weighted by Crippen LogP contribution is -2.12. The first-order valence-electron chi connectivity index (χ1n) is 8.74. The van der Waals surface area contributed by atoms with Crippen molar-refractivity contribution in [3.63, 3.8) is 0 Å². The van der Waals surface area contributed by atoms with E-state index in [0.29, 0.717) is 41.0 Å². The number of benzene rings is 2. The highest BCUT2D eigenvalue weighted by molar-refractivity contribution is 7.89. The smallest absolute Gasteiger partial charge is 0.338 e. The van der Waals surface area contributed by atoms with Gasteiger partial charge in [-0.2, -0.15) is 0 Å². The van der Waals surface area contributed by atoms with Crippen molar-refractivity contribution in [1.82, 2.24) is 0 Å². The Bertz CT molecular complexity index is 1350. The topological polar surface area (TPSA) is 125 Å². The van der Waals surface area contributed by atoms with Crippen molar-refractivity contribution in [3.05, 3.63) is 64.7 Å². The fraction of sp³-hybridized carbons (Fsp3) is 0.150. The summed E-state index contributed by atoms with van der Waals surface area (Å²) >= 11 is 0. The van der Waals surface area contributed by atoms with E-state index in [4.69, 9.17) is 18.7 Å². The predicted molar refractivity (Wildman–Crippen MR) is 109 cm³/mol. The first-order chi connectivity index (χ1) is 13.9. The SMILES string of the molecule is COc1c2ccoc2cc2oc(=O)cc(NCCc3ccc(S(N)(=O)=O)cc3)c12. The molecule has 4 rings (SSSR count). The van der Waals surface area contributed by atoms with Gasteiger partial charge in [-0.1, -0.05) is 12.1 Å². The molecule has 2 aromatic heterocycles. The highest BCUT2D eigenvalue weighted by Crippen LogP contribution is 2.38. The average Bonchev–Trinajstić information content (AvgIpc) is 3.14. The molecule has 0 aliphatic heterocycles. The summed E-state index contributed by atoms with van der Waals surface area (Å²) < 4.78 is 39.0. The van der Waals surface area contributed by atoms with E-state index in [2.05, 4.69) is 5.32 Å². The Labute approximate surface area is 165 Å². The zero-order chi connectivity index (χ0) is 20.6. The number of sulfonamides is 1. The maximum atomic E-state index is 12.0. The molecule has 0 bridgehead atoms. The second kappa shape index (κ2) is 7.26. The van der Waals surface area contributed by atoms with Crippen LogP contribution in [-0.2, 0) is 16.4 Å². The summed E-state index contributed by atoms with van der Waals surface area (Å²) in [6.07, 6.45) is 2.14. The van der Waals surface area contributed by atoms with Gasteiger partial charge >= 0.3 is 5.63 Å². The van der Waals surface area contributed by atoms with E-state index in [1.165, 1.54) is 18.2 Å². The monoisotopic (exact) mass is 414 g/mol. The van der Waals surface area contributed by atoms with Gasteiger partial charge in [-0.05, 0) is 30.2 Å². The van der Waals surface area contributed by atoms with Crippen molar-refractivity contribution in [2.45, 2.75) is 11.3 Å². The molecule has 29 heavy (non-hydrogen) atoms. The number of nitrogens with one attached hydrogen (secondary N) is 1. The van der Waals surface area contributed by atoms with Crippen LogP contribution >= 0.6 is 0 Å². The molecule has 0 aliphatic rings. The van der Waals surface area contributed by atoms with Gasteiger partial charge in [0.1, 0.15) is 16.9 Å². The van der Waals surface area contributed by atoms with E-state index in [0.717, 1.165) is 10.9 Å². The van der Waals surface area contributed by atoms with Gasteiger partial charge in [-0.3, -0.25) is 0 Å². The number of nitrogens with two attached hydrogens (primary N) is 1. The predicted octanol–water partition coefficient (Wildman–Crippen LogP) is 2.85. The van der Waals surface area contributed by atoms with E-state index < -0.39 is 15.6 Å². The summed E-state index contributed by atoms with van der Waals surface area (Å²) in [6.45, 7) is 0.500. The molecule has 150 valence electrons. The lowest BCUT2D eigenvalue weighted by molar-refractivity contribution is 0.423. The van der Waals surface area contributed by atoms with Crippen LogP contribution < -0.4 is 20.8 Å². The Morgan fingerprint density at radius 2 is 1.86 bits per heavy atom. The Balaban J connectivity index is 1.63. The zero-order valence-electron chi connectivity index (χ0n) is 15.5. The van der Waals surface area contributed by atoms with E-state index in [-0.39, 0.29) is 4.90 Å². The summed E-state index contributed by atoms with van der Waals surface area (Å²) in [7, 11) is -2.17. The van der Waals surface area contributed by atoms with E-state index in [9.17, 15) is 13.2 Å². The summed E-state index contributed by atoms with van der Waals surface area (Å²) in [5.41, 5.74) is 1.92. The molecular weight excluding hydrogens is 396 g/mol. The minimum absolute atomic E-state index is 0.0646. The van der Waals surface area contributed by atoms with Gasteiger partial charge in [0, 0.05) is 18.7 Å². The third-order valence-corrected chi connectivity index (χ3v) is 5.53. The van der Waals surface area contributed by atoms with Crippen LogP contribution in [0.2, 0.25) is 0 Å². The van der Waals surface area contributed by atoms with E-state index in [1.54, 1.807) is 37.6 Å². The molecule has 3 N–H and O–H groups in total. The highest BCUT2D eigenvalue weighted by atomic mass is 32.2. The Kier molecular flexibility index (Phi) is 4.77. The molecule has 0 atom stereocenters. The fourth-order valence-electron chi connectivity index (χ4n) is 3.26. The summed E-state index contributed by atoms with van der Waals surface area (Å²) in [6, 6.07) is 11.2. The molecule has 2 heterocycles. The summed E-state index contributed by atoms with van der Waals surface area (Å²) in [5, 5.41) is 9.77. The van der Waals surface area contributed by atoms with Crippen molar-refractivity contribution in [2.75, 3.05) is 19.0 Å². The first-order valence-corrected chi connectivity index (χ1v) is 10.3. The van der Waals surface area contributed by atoms with Crippen molar-refractivity contribution >= 4 is 37.6 Å². The molecule has 8 nitrogen and oxygen atoms in total. The van der Waals surface area contributed by atoms with E-state index >= 15 is 0 Å². The van der Waals surface area contributed by atoms with Crippen LogP contribution in [0.25, 0.3) is 21.9 Å². The van der Waals surface area contributed by atoms with Crippen molar-refractivity contribution in [3.8, 4) is 5.75 Å². The number of hydrogen-bond donors (Lipinski definition) is 2. The molecule has 0 saturated carbocycles. The Morgan fingerprint density at radius 1 is 1.10 bits per heavy atom. The molecule has 0 fully saturated rings. The van der Waals surface area contributed by atoms with Crippen LogP contribution in [0.4, 0.5) is 5.69 Å². The average molecular weight is 414 g/mol. The minimum Gasteiger partial charge on any atom is -0.495 e. The van der Waals surface area contributed by atoms with Gasteiger partial charge in [0.2, 0.25) is 10.0 Å². The number of fused-ring (bicyclic) bond motifs is 2. The molecule has 0 radical (unpaired) electrons. The molecule has 0 spiro atoms. The number of rotatable bonds is 6. The second-order valence-corrected chi connectivity index (χ2v) is 8.02.